The van der Waals surface area contributed by atoms with Crippen LogP contribution in [0.2, 0.25) is 0 Å². The van der Waals surface area contributed by atoms with Crippen molar-refractivity contribution in [3.8, 4) is 17.2 Å². The number of aromatic nitrogens is 3. The lowest BCUT2D eigenvalue weighted by Crippen LogP contribution is -2.03. The quantitative estimate of drug-likeness (QED) is 0.746. The predicted molar refractivity (Wildman–Crippen MR) is 66.9 cm³/mol. The lowest BCUT2D eigenvalue weighted by molar-refractivity contribution is -0.133. The molecule has 0 aliphatic rings. The number of H-pyrrole nitrogens is 1. The van der Waals surface area contributed by atoms with Crippen LogP contribution in [0.1, 0.15) is 10.6 Å². The minimum absolute atomic E-state index is 0.0575. The largest absolute Gasteiger partial charge is 0.426 e. The molecule has 1 N–H and O–H groups in total. The molecule has 0 unspecified atom stereocenters. The van der Waals surface area contributed by atoms with E-state index < -0.39 is 11.1 Å². The molecule has 0 saturated carbocycles. The van der Waals surface area contributed by atoms with Gasteiger partial charge in [-0.25, -0.2) is 0 Å². The predicted octanol–water partition coefficient (Wildman–Crippen LogP) is 3.58. The van der Waals surface area contributed by atoms with E-state index in [0.29, 0.717) is 27.9 Å². The van der Waals surface area contributed by atoms with Crippen LogP contribution in [0.25, 0.3) is 22.2 Å². The first-order chi connectivity index (χ1) is 9.50. The molecule has 0 aromatic carbocycles. The molecule has 0 bridgehead atoms. The van der Waals surface area contributed by atoms with E-state index in [-0.39, 0.29) is 11.3 Å². The molecule has 0 radical (unpaired) electrons. The molecule has 0 fully saturated rings. The van der Waals surface area contributed by atoms with E-state index in [4.69, 9.17) is 5.26 Å². The maximum atomic E-state index is 12.9. The summed E-state index contributed by atoms with van der Waals surface area (Å²) in [5, 5.41) is 18.0. The Morgan fingerprint density at radius 1 is 1.25 bits per heavy atom. The fourth-order valence-electron chi connectivity index (χ4n) is 1.94. The minimum Gasteiger partial charge on any atom is -0.344 e. The summed E-state index contributed by atoms with van der Waals surface area (Å²) in [4.78, 5) is 2.09. The molecular weight excluding hydrogens is 289 g/mol. The Kier molecular flexibility index (Phi) is 2.72. The number of fused-ring (bicyclic) bond motifs is 1. The van der Waals surface area contributed by atoms with E-state index in [1.807, 2.05) is 6.07 Å². The van der Waals surface area contributed by atoms with Crippen molar-refractivity contribution >= 4 is 22.4 Å². The molecule has 3 aromatic rings. The second-order valence-electron chi connectivity index (χ2n) is 3.97. The molecule has 4 nitrogen and oxygen atoms in total. The molecular formula is C12H5F3N4S. The maximum absolute atomic E-state index is 12.9. The van der Waals surface area contributed by atoms with E-state index >= 15 is 0 Å². The first kappa shape index (κ1) is 12.6. The van der Waals surface area contributed by atoms with Gasteiger partial charge < -0.3 is 4.98 Å². The number of alkyl halides is 3. The van der Waals surface area contributed by atoms with Gasteiger partial charge in [-0.05, 0) is 17.5 Å². The Bertz CT molecular complexity index is 825. The summed E-state index contributed by atoms with van der Waals surface area (Å²) in [7, 11) is 0. The van der Waals surface area contributed by atoms with Crippen LogP contribution in [0.4, 0.5) is 13.2 Å². The summed E-state index contributed by atoms with van der Waals surface area (Å²) < 4.78 is 38.8. The van der Waals surface area contributed by atoms with Crippen molar-refractivity contribution in [3.05, 3.63) is 34.3 Å². The third kappa shape index (κ3) is 1.92. The standard InChI is InChI=1S/C12H5F3N4S/c13-12(14,15)10-7(1-2-20-10)9-5-17-11-8(9)3-6(4-16)18-19-11/h1-3,5H,(H,17,19). The molecule has 100 valence electrons. The summed E-state index contributed by atoms with van der Waals surface area (Å²) in [5.41, 5.74) is 0.839. The van der Waals surface area contributed by atoms with E-state index in [0.717, 1.165) is 0 Å². The van der Waals surface area contributed by atoms with Gasteiger partial charge in [0.2, 0.25) is 0 Å². The van der Waals surface area contributed by atoms with Gasteiger partial charge in [-0.2, -0.15) is 18.4 Å². The van der Waals surface area contributed by atoms with Crippen molar-refractivity contribution in [1.29, 1.82) is 5.26 Å². The number of halogens is 3. The molecule has 0 spiro atoms. The number of nitriles is 1. The van der Waals surface area contributed by atoms with Crippen molar-refractivity contribution in [2.75, 3.05) is 0 Å². The molecule has 0 aliphatic carbocycles. The Morgan fingerprint density at radius 3 is 2.75 bits per heavy atom. The van der Waals surface area contributed by atoms with E-state index in [1.54, 1.807) is 0 Å². The van der Waals surface area contributed by atoms with Gasteiger partial charge in [0, 0.05) is 22.7 Å². The molecule has 3 heterocycles. The number of hydrogen-bond donors (Lipinski definition) is 1. The van der Waals surface area contributed by atoms with E-state index in [1.165, 1.54) is 23.7 Å². The van der Waals surface area contributed by atoms with Crippen LogP contribution in [0.3, 0.4) is 0 Å². The molecule has 0 atom stereocenters. The number of aromatic amines is 1. The Morgan fingerprint density at radius 2 is 2.05 bits per heavy atom. The first-order valence-electron chi connectivity index (χ1n) is 5.40. The molecule has 8 heteroatoms. The van der Waals surface area contributed by atoms with Crippen LogP contribution in [0, 0.1) is 11.3 Å². The summed E-state index contributed by atoms with van der Waals surface area (Å²) in [6.07, 6.45) is -2.97. The van der Waals surface area contributed by atoms with Crippen molar-refractivity contribution in [1.82, 2.24) is 15.2 Å². The highest BCUT2D eigenvalue weighted by atomic mass is 32.1. The summed E-state index contributed by atoms with van der Waals surface area (Å²) >= 11 is 0.633. The summed E-state index contributed by atoms with van der Waals surface area (Å²) in [5.74, 6) is 0. The summed E-state index contributed by atoms with van der Waals surface area (Å²) in [6, 6.07) is 4.65. The Hall–Kier alpha value is -2.40. The van der Waals surface area contributed by atoms with Crippen molar-refractivity contribution < 1.29 is 13.2 Å². The molecule has 3 rings (SSSR count). The van der Waals surface area contributed by atoms with Gasteiger partial charge in [-0.1, -0.05) is 0 Å². The van der Waals surface area contributed by atoms with Crippen LogP contribution in [0.5, 0.6) is 0 Å². The monoisotopic (exact) mass is 294 g/mol. The third-order valence-electron chi connectivity index (χ3n) is 2.76. The van der Waals surface area contributed by atoms with E-state index in [2.05, 4.69) is 15.2 Å². The van der Waals surface area contributed by atoms with Gasteiger partial charge in [0.25, 0.3) is 0 Å². The minimum atomic E-state index is -4.41. The normalized spacial score (nSPS) is 11.7. The second kappa shape index (κ2) is 4.31. The van der Waals surface area contributed by atoms with Crippen LogP contribution in [-0.2, 0) is 6.18 Å². The van der Waals surface area contributed by atoms with Crippen LogP contribution >= 0.6 is 11.3 Å². The zero-order valence-corrected chi connectivity index (χ0v) is 10.5. The Labute approximate surface area is 114 Å². The maximum Gasteiger partial charge on any atom is 0.426 e. The van der Waals surface area contributed by atoms with Crippen LogP contribution in [0.15, 0.2) is 23.7 Å². The van der Waals surface area contributed by atoms with Gasteiger partial charge in [-0.15, -0.1) is 21.5 Å². The van der Waals surface area contributed by atoms with Gasteiger partial charge in [0.15, 0.2) is 11.3 Å². The highest BCUT2D eigenvalue weighted by Gasteiger charge is 2.35. The topological polar surface area (TPSA) is 65.4 Å². The fraction of sp³-hybridized carbons (Fsp3) is 0.0833. The van der Waals surface area contributed by atoms with Gasteiger partial charge in [0.1, 0.15) is 10.9 Å². The second-order valence-corrected chi connectivity index (χ2v) is 4.88. The third-order valence-corrected chi connectivity index (χ3v) is 3.72. The zero-order chi connectivity index (χ0) is 14.3. The van der Waals surface area contributed by atoms with E-state index in [9.17, 15) is 13.2 Å². The van der Waals surface area contributed by atoms with Crippen molar-refractivity contribution in [2.45, 2.75) is 6.18 Å². The molecule has 0 aliphatic heterocycles. The highest BCUT2D eigenvalue weighted by molar-refractivity contribution is 7.10. The Balaban J connectivity index is 2.26. The van der Waals surface area contributed by atoms with Crippen LogP contribution in [-0.4, -0.2) is 15.2 Å². The summed E-state index contributed by atoms with van der Waals surface area (Å²) in [6.45, 7) is 0. The van der Waals surface area contributed by atoms with Gasteiger partial charge >= 0.3 is 6.18 Å². The fourth-order valence-corrected chi connectivity index (χ4v) is 2.72. The van der Waals surface area contributed by atoms with Gasteiger partial charge in [0.05, 0.1) is 0 Å². The number of rotatable bonds is 1. The molecule has 3 aromatic heterocycles. The first-order valence-corrected chi connectivity index (χ1v) is 6.28. The average molecular weight is 294 g/mol. The van der Waals surface area contributed by atoms with Crippen LogP contribution < -0.4 is 0 Å². The average Bonchev–Trinajstić information content (AvgIpc) is 3.02. The van der Waals surface area contributed by atoms with Crippen molar-refractivity contribution in [2.24, 2.45) is 0 Å². The number of nitrogens with zero attached hydrogens (tertiary/aromatic N) is 3. The zero-order valence-electron chi connectivity index (χ0n) is 9.69. The molecule has 0 amide bonds. The number of thiophene rings is 1. The van der Waals surface area contributed by atoms with Gasteiger partial charge in [-0.3, -0.25) is 0 Å². The number of nitrogens with one attached hydrogen (secondary N) is 1. The SMILES string of the molecule is N#Cc1cc2c(-c3ccsc3C(F)(F)F)c[nH]c2nn1. The molecule has 20 heavy (non-hydrogen) atoms. The van der Waals surface area contributed by atoms with Crippen molar-refractivity contribution in [3.63, 3.8) is 0 Å². The molecule has 0 saturated heterocycles. The highest BCUT2D eigenvalue weighted by Crippen LogP contribution is 2.42. The number of hydrogen-bond acceptors (Lipinski definition) is 4. The lowest BCUT2D eigenvalue weighted by atomic mass is 10.1. The smallest absolute Gasteiger partial charge is 0.344 e. The lowest BCUT2D eigenvalue weighted by Gasteiger charge is -2.06.